The third kappa shape index (κ3) is 3.32. The Hall–Kier alpha value is -1.30. The van der Waals surface area contributed by atoms with Gasteiger partial charge < -0.3 is 14.9 Å². The topological polar surface area (TPSA) is 87.5 Å². The van der Waals surface area contributed by atoms with Crippen LogP contribution in [0.15, 0.2) is 17.1 Å². The summed E-state index contributed by atoms with van der Waals surface area (Å²) in [4.78, 5) is 13.0. The van der Waals surface area contributed by atoms with Crippen LogP contribution >= 0.6 is 12.2 Å². The van der Waals surface area contributed by atoms with E-state index in [1.165, 1.54) is 0 Å². The highest BCUT2D eigenvalue weighted by atomic mass is 32.1. The fourth-order valence-corrected chi connectivity index (χ4v) is 2.34. The molecule has 6 nitrogen and oxygen atoms in total. The van der Waals surface area contributed by atoms with Crippen molar-refractivity contribution in [3.05, 3.63) is 27.4 Å². The molecule has 23 heavy (non-hydrogen) atoms. The molecule has 1 aromatic heterocycles. The number of hydrogen-bond donors (Lipinski definition) is 3. The minimum Gasteiger partial charge on any atom is -0.394 e. The molecule has 0 saturated carbocycles. The molecule has 3 N–H and O–H groups in total. The van der Waals surface area contributed by atoms with Gasteiger partial charge in [0, 0.05) is 12.3 Å². The zero-order chi connectivity index (χ0) is 18.0. The van der Waals surface area contributed by atoms with E-state index in [9.17, 15) is 27.5 Å². The normalized spacial score (nSPS) is 30.7. The van der Waals surface area contributed by atoms with Crippen LogP contribution in [0.1, 0.15) is 20.1 Å². The van der Waals surface area contributed by atoms with Crippen molar-refractivity contribution in [2.75, 3.05) is 6.61 Å². The summed E-state index contributed by atoms with van der Waals surface area (Å²) in [7, 11) is 0. The number of nitrogens with zero attached hydrogens (tertiary/aromatic N) is 1. The van der Waals surface area contributed by atoms with Crippen molar-refractivity contribution >= 4 is 12.2 Å². The highest BCUT2D eigenvalue weighted by Crippen LogP contribution is 2.51. The first kappa shape index (κ1) is 19.7. The molecule has 0 amide bonds. The summed E-state index contributed by atoms with van der Waals surface area (Å²) < 4.78 is 58.4. The lowest BCUT2D eigenvalue weighted by atomic mass is 9.95. The van der Waals surface area contributed by atoms with Gasteiger partial charge >= 0.3 is 6.18 Å². The Bertz CT molecular complexity index is 647. The number of ether oxygens (including phenoxy) is 1. The van der Waals surface area contributed by atoms with E-state index in [0.29, 0.717) is 4.57 Å². The molecule has 0 aromatic carbocycles. The minimum atomic E-state index is -5.48. The molecule has 132 valence electrons. The molecule has 4 atom stereocenters. The van der Waals surface area contributed by atoms with Gasteiger partial charge in [0.05, 0.1) is 6.61 Å². The number of hydrogen-bond acceptors (Lipinski definition) is 5. The van der Waals surface area contributed by atoms with Crippen LogP contribution in [0, 0.1) is 4.77 Å². The van der Waals surface area contributed by atoms with E-state index in [-0.39, 0.29) is 0 Å². The van der Waals surface area contributed by atoms with Gasteiger partial charge in [0.2, 0.25) is 0 Å². The Morgan fingerprint density at radius 3 is 2.48 bits per heavy atom. The highest BCUT2D eigenvalue weighted by molar-refractivity contribution is 7.71. The number of aliphatic hydroxyl groups excluding tert-OH is 2. The highest BCUT2D eigenvalue weighted by Gasteiger charge is 2.72. The van der Waals surface area contributed by atoms with Crippen molar-refractivity contribution in [1.29, 1.82) is 0 Å². The Morgan fingerprint density at radius 1 is 1.48 bits per heavy atom. The van der Waals surface area contributed by atoms with E-state index >= 15 is 0 Å². The molecular weight excluding hydrogens is 344 g/mol. The molecule has 0 spiro atoms. The second-order valence-corrected chi connectivity index (χ2v) is 4.82. The zero-order valence-electron chi connectivity index (χ0n) is 12.2. The van der Waals surface area contributed by atoms with Crippen molar-refractivity contribution in [2.45, 2.75) is 44.1 Å². The van der Waals surface area contributed by atoms with Crippen molar-refractivity contribution < 1.29 is 32.5 Å². The SMILES string of the molecule is CC.O=c1ccn(C2OC(CO)[C@H](O)C2(F)C(F)(F)F)c(=S)[nH]1. The minimum absolute atomic E-state index is 0.510. The van der Waals surface area contributed by atoms with Gasteiger partial charge in [-0.3, -0.25) is 14.3 Å². The van der Waals surface area contributed by atoms with Crippen LogP contribution in [-0.2, 0) is 4.74 Å². The molecule has 3 unspecified atom stereocenters. The standard InChI is InChI=1S/C10H10F4N2O4S.C2H6/c11-9(10(12,13)14)6(19)4(3-17)20-7(9)16-2-1-5(18)15-8(16)21;1-2/h1-2,4,6-7,17,19H,3H2,(H,15,18,21);1-2H3/t4?,6-,7?,9?;/m0./s1. The summed E-state index contributed by atoms with van der Waals surface area (Å²) in [5, 5.41) is 18.4. The number of aromatic nitrogens is 2. The second-order valence-electron chi connectivity index (χ2n) is 4.44. The average molecular weight is 360 g/mol. The second kappa shape index (κ2) is 7.07. The van der Waals surface area contributed by atoms with Gasteiger partial charge in [0.1, 0.15) is 12.2 Å². The van der Waals surface area contributed by atoms with Crippen molar-refractivity contribution in [3.63, 3.8) is 0 Å². The molecule has 2 heterocycles. The number of alkyl halides is 4. The molecule has 0 bridgehead atoms. The molecule has 0 aliphatic carbocycles. The quantitative estimate of drug-likeness (QED) is 0.549. The average Bonchev–Trinajstić information content (AvgIpc) is 2.74. The summed E-state index contributed by atoms with van der Waals surface area (Å²) in [5.41, 5.74) is -4.87. The van der Waals surface area contributed by atoms with Gasteiger partial charge in [-0.15, -0.1) is 0 Å². The number of H-pyrrole nitrogens is 1. The third-order valence-electron chi connectivity index (χ3n) is 3.16. The first-order valence-corrected chi connectivity index (χ1v) is 7.05. The Balaban J connectivity index is 0.00000127. The van der Waals surface area contributed by atoms with Crippen LogP contribution in [0.25, 0.3) is 0 Å². The molecule has 1 aliphatic rings. The van der Waals surface area contributed by atoms with Gasteiger partial charge in [-0.1, -0.05) is 13.8 Å². The number of aliphatic hydroxyl groups is 2. The lowest BCUT2D eigenvalue weighted by Crippen LogP contribution is -2.54. The summed E-state index contributed by atoms with van der Waals surface area (Å²) in [6, 6.07) is 0.828. The predicted molar refractivity (Wildman–Crippen MR) is 74.1 cm³/mol. The Labute approximate surface area is 133 Å². The monoisotopic (exact) mass is 360 g/mol. The largest absolute Gasteiger partial charge is 0.429 e. The molecule has 2 rings (SSSR count). The molecule has 1 aliphatic heterocycles. The molecule has 11 heteroatoms. The zero-order valence-corrected chi connectivity index (χ0v) is 13.0. The van der Waals surface area contributed by atoms with Crippen LogP contribution in [0.4, 0.5) is 17.6 Å². The van der Waals surface area contributed by atoms with E-state index in [1.54, 1.807) is 0 Å². The van der Waals surface area contributed by atoms with Gasteiger partial charge in [0.15, 0.2) is 11.0 Å². The van der Waals surface area contributed by atoms with Crippen LogP contribution in [-0.4, -0.2) is 50.4 Å². The Kier molecular flexibility index (Phi) is 6.07. The van der Waals surface area contributed by atoms with Crippen LogP contribution in [0.5, 0.6) is 0 Å². The maximum absolute atomic E-state index is 14.5. The third-order valence-corrected chi connectivity index (χ3v) is 3.48. The fourth-order valence-electron chi connectivity index (χ4n) is 2.09. The predicted octanol–water partition coefficient (Wildman–Crippen LogP) is 1.45. The maximum Gasteiger partial charge on any atom is 0.429 e. The van der Waals surface area contributed by atoms with E-state index in [1.807, 2.05) is 18.8 Å². The van der Waals surface area contributed by atoms with E-state index in [4.69, 9.17) is 9.84 Å². The van der Waals surface area contributed by atoms with E-state index < -0.39 is 47.2 Å². The fraction of sp³-hybridized carbons (Fsp3) is 0.667. The van der Waals surface area contributed by atoms with Gasteiger partial charge in [-0.05, 0) is 12.2 Å². The molecule has 1 saturated heterocycles. The smallest absolute Gasteiger partial charge is 0.394 e. The summed E-state index contributed by atoms with van der Waals surface area (Å²) in [6.07, 6.45) is -11.4. The first-order valence-electron chi connectivity index (χ1n) is 6.64. The van der Waals surface area contributed by atoms with E-state index in [2.05, 4.69) is 12.2 Å². The van der Waals surface area contributed by atoms with E-state index in [0.717, 1.165) is 12.3 Å². The lowest BCUT2D eigenvalue weighted by Gasteiger charge is -2.31. The van der Waals surface area contributed by atoms with Crippen molar-refractivity contribution in [3.8, 4) is 0 Å². The van der Waals surface area contributed by atoms with Crippen LogP contribution in [0.3, 0.4) is 0 Å². The molecule has 0 radical (unpaired) electrons. The number of aromatic amines is 1. The maximum atomic E-state index is 14.5. The molecule has 1 fully saturated rings. The Morgan fingerprint density at radius 2 is 2.04 bits per heavy atom. The summed E-state index contributed by atoms with van der Waals surface area (Å²) in [5.74, 6) is 0. The number of nitrogens with one attached hydrogen (secondary N) is 1. The van der Waals surface area contributed by atoms with Gasteiger partial charge in [-0.25, -0.2) is 4.39 Å². The van der Waals surface area contributed by atoms with Crippen LogP contribution in [0.2, 0.25) is 0 Å². The van der Waals surface area contributed by atoms with Crippen molar-refractivity contribution in [1.82, 2.24) is 9.55 Å². The van der Waals surface area contributed by atoms with Gasteiger partial charge in [-0.2, -0.15) is 13.2 Å². The van der Waals surface area contributed by atoms with Gasteiger partial charge in [0.25, 0.3) is 11.2 Å². The number of halogens is 4. The van der Waals surface area contributed by atoms with Crippen molar-refractivity contribution in [2.24, 2.45) is 0 Å². The molecule has 1 aromatic rings. The summed E-state index contributed by atoms with van der Waals surface area (Å²) in [6.45, 7) is 2.98. The lowest BCUT2D eigenvalue weighted by molar-refractivity contribution is -0.273. The number of rotatable bonds is 2. The summed E-state index contributed by atoms with van der Waals surface area (Å²) >= 11 is 4.66. The molecular formula is C12H16F4N2O4S. The van der Waals surface area contributed by atoms with Crippen LogP contribution < -0.4 is 5.56 Å². The first-order chi connectivity index (χ1) is 10.6.